The van der Waals surface area contributed by atoms with Gasteiger partial charge in [0, 0.05) is 13.6 Å². The summed E-state index contributed by atoms with van der Waals surface area (Å²) in [6.45, 7) is 7.42. The van der Waals surface area contributed by atoms with Crippen molar-refractivity contribution in [3.05, 3.63) is 11.9 Å². The van der Waals surface area contributed by atoms with E-state index in [9.17, 15) is 5.11 Å². The normalized spacial score (nSPS) is 15.6. The zero-order valence-electron chi connectivity index (χ0n) is 9.86. The maximum atomic E-state index is 10.2. The summed E-state index contributed by atoms with van der Waals surface area (Å²) >= 11 is 0. The number of hydrogen-bond donors (Lipinski definition) is 2. The van der Waals surface area contributed by atoms with Crippen molar-refractivity contribution in [3.63, 3.8) is 0 Å². The lowest BCUT2D eigenvalue weighted by molar-refractivity contribution is 0.0480. The van der Waals surface area contributed by atoms with Crippen molar-refractivity contribution < 1.29 is 5.11 Å². The SMILES string of the molecule is CC(C)CNCC(C)(O)c1cnnn1C. The Labute approximate surface area is 90.5 Å². The first-order chi connectivity index (χ1) is 6.93. The molecule has 0 saturated heterocycles. The number of nitrogens with one attached hydrogen (secondary N) is 1. The number of hydrogen-bond acceptors (Lipinski definition) is 4. The molecule has 0 aromatic carbocycles. The Kier molecular flexibility index (Phi) is 3.82. The monoisotopic (exact) mass is 212 g/mol. The lowest BCUT2D eigenvalue weighted by Crippen LogP contribution is -2.38. The van der Waals surface area contributed by atoms with E-state index in [1.54, 1.807) is 24.9 Å². The molecule has 86 valence electrons. The van der Waals surface area contributed by atoms with Gasteiger partial charge in [-0.25, -0.2) is 4.68 Å². The fourth-order valence-electron chi connectivity index (χ4n) is 1.47. The Morgan fingerprint density at radius 2 is 2.27 bits per heavy atom. The quantitative estimate of drug-likeness (QED) is 0.735. The fraction of sp³-hybridized carbons (Fsp3) is 0.800. The summed E-state index contributed by atoms with van der Waals surface area (Å²) in [4.78, 5) is 0. The van der Waals surface area contributed by atoms with Gasteiger partial charge in [-0.2, -0.15) is 0 Å². The van der Waals surface area contributed by atoms with Crippen molar-refractivity contribution >= 4 is 0 Å². The van der Waals surface area contributed by atoms with E-state index in [1.807, 2.05) is 0 Å². The summed E-state index contributed by atoms with van der Waals surface area (Å²) in [5, 5.41) is 21.0. The standard InChI is InChI=1S/C10H20N4O/c1-8(2)5-11-7-10(3,15)9-6-12-13-14(9)4/h6,8,11,15H,5,7H2,1-4H3. The topological polar surface area (TPSA) is 63.0 Å². The lowest BCUT2D eigenvalue weighted by atomic mass is 10.0. The molecule has 0 bridgehead atoms. The Balaban J connectivity index is 2.56. The first-order valence-corrected chi connectivity index (χ1v) is 5.21. The molecule has 0 aliphatic heterocycles. The van der Waals surface area contributed by atoms with E-state index in [4.69, 9.17) is 0 Å². The van der Waals surface area contributed by atoms with Gasteiger partial charge in [0.05, 0.1) is 11.9 Å². The highest BCUT2D eigenvalue weighted by Gasteiger charge is 2.26. The van der Waals surface area contributed by atoms with Crippen molar-refractivity contribution in [2.24, 2.45) is 13.0 Å². The van der Waals surface area contributed by atoms with Crippen LogP contribution in [0.1, 0.15) is 26.5 Å². The number of rotatable bonds is 5. The van der Waals surface area contributed by atoms with Gasteiger partial charge in [-0.15, -0.1) is 5.10 Å². The van der Waals surface area contributed by atoms with E-state index >= 15 is 0 Å². The minimum absolute atomic E-state index is 0.506. The maximum absolute atomic E-state index is 10.2. The molecule has 1 aromatic rings. The van der Waals surface area contributed by atoms with Gasteiger partial charge in [0.1, 0.15) is 5.60 Å². The van der Waals surface area contributed by atoms with Gasteiger partial charge in [-0.05, 0) is 19.4 Å². The second-order valence-corrected chi connectivity index (χ2v) is 4.54. The Morgan fingerprint density at radius 1 is 1.60 bits per heavy atom. The van der Waals surface area contributed by atoms with Crippen LogP contribution in [0.2, 0.25) is 0 Å². The van der Waals surface area contributed by atoms with Crippen LogP contribution in [0.3, 0.4) is 0 Å². The van der Waals surface area contributed by atoms with Gasteiger partial charge in [0.2, 0.25) is 0 Å². The third-order valence-electron chi connectivity index (χ3n) is 2.29. The first kappa shape index (κ1) is 12.1. The highest BCUT2D eigenvalue weighted by atomic mass is 16.3. The van der Waals surface area contributed by atoms with Crippen LogP contribution in [-0.2, 0) is 12.6 Å². The van der Waals surface area contributed by atoms with Gasteiger partial charge in [-0.3, -0.25) is 0 Å². The molecule has 2 N–H and O–H groups in total. The van der Waals surface area contributed by atoms with Crippen LogP contribution < -0.4 is 5.32 Å². The molecule has 0 aliphatic rings. The average molecular weight is 212 g/mol. The summed E-state index contributed by atoms with van der Waals surface area (Å²) < 4.78 is 1.59. The smallest absolute Gasteiger partial charge is 0.117 e. The molecule has 0 aliphatic carbocycles. The molecular formula is C10H20N4O. The van der Waals surface area contributed by atoms with E-state index < -0.39 is 5.60 Å². The molecule has 1 atom stereocenters. The summed E-state index contributed by atoms with van der Waals surface area (Å²) in [5.74, 6) is 0.575. The largest absolute Gasteiger partial charge is 0.382 e. The number of aliphatic hydroxyl groups is 1. The Bertz CT molecular complexity index is 306. The van der Waals surface area contributed by atoms with Crippen molar-refractivity contribution in [1.82, 2.24) is 20.3 Å². The Morgan fingerprint density at radius 3 is 2.73 bits per heavy atom. The van der Waals surface area contributed by atoms with Crippen LogP contribution >= 0.6 is 0 Å². The van der Waals surface area contributed by atoms with Crippen LogP contribution in [0.15, 0.2) is 6.20 Å². The van der Waals surface area contributed by atoms with Crippen LogP contribution in [0.25, 0.3) is 0 Å². The molecule has 1 unspecified atom stereocenters. The number of aryl methyl sites for hydroxylation is 1. The second-order valence-electron chi connectivity index (χ2n) is 4.54. The molecule has 0 amide bonds. The highest BCUT2D eigenvalue weighted by molar-refractivity contribution is 5.06. The summed E-state index contributed by atoms with van der Waals surface area (Å²) in [6.07, 6.45) is 1.59. The molecule has 0 saturated carbocycles. The second kappa shape index (κ2) is 4.72. The molecule has 15 heavy (non-hydrogen) atoms. The third kappa shape index (κ3) is 3.28. The van der Waals surface area contributed by atoms with E-state index in [0.29, 0.717) is 12.5 Å². The van der Waals surface area contributed by atoms with E-state index in [1.165, 1.54) is 0 Å². The number of aromatic nitrogens is 3. The third-order valence-corrected chi connectivity index (χ3v) is 2.29. The highest BCUT2D eigenvalue weighted by Crippen LogP contribution is 2.17. The molecular weight excluding hydrogens is 192 g/mol. The molecule has 0 spiro atoms. The van der Waals surface area contributed by atoms with Crippen LogP contribution in [0, 0.1) is 5.92 Å². The number of nitrogens with zero attached hydrogens (tertiary/aromatic N) is 3. The molecule has 5 heteroatoms. The predicted molar refractivity (Wildman–Crippen MR) is 58.3 cm³/mol. The zero-order chi connectivity index (χ0) is 11.5. The molecule has 1 heterocycles. The lowest BCUT2D eigenvalue weighted by Gasteiger charge is -2.23. The van der Waals surface area contributed by atoms with Gasteiger partial charge >= 0.3 is 0 Å². The van der Waals surface area contributed by atoms with Crippen molar-refractivity contribution in [3.8, 4) is 0 Å². The fourth-order valence-corrected chi connectivity index (χ4v) is 1.47. The van der Waals surface area contributed by atoms with Gasteiger partial charge in [0.15, 0.2) is 0 Å². The van der Waals surface area contributed by atoms with E-state index in [2.05, 4.69) is 29.5 Å². The van der Waals surface area contributed by atoms with Crippen LogP contribution in [0.4, 0.5) is 0 Å². The zero-order valence-corrected chi connectivity index (χ0v) is 9.86. The average Bonchev–Trinajstić information content (AvgIpc) is 2.50. The van der Waals surface area contributed by atoms with Gasteiger partial charge in [0.25, 0.3) is 0 Å². The van der Waals surface area contributed by atoms with Gasteiger partial charge in [-0.1, -0.05) is 19.1 Å². The summed E-state index contributed by atoms with van der Waals surface area (Å²) in [7, 11) is 1.78. The first-order valence-electron chi connectivity index (χ1n) is 5.21. The van der Waals surface area contributed by atoms with Crippen molar-refractivity contribution in [2.75, 3.05) is 13.1 Å². The minimum atomic E-state index is -0.923. The van der Waals surface area contributed by atoms with E-state index in [0.717, 1.165) is 12.2 Å². The molecule has 0 fully saturated rings. The maximum Gasteiger partial charge on any atom is 0.117 e. The molecule has 5 nitrogen and oxygen atoms in total. The molecule has 0 radical (unpaired) electrons. The van der Waals surface area contributed by atoms with Gasteiger partial charge < -0.3 is 10.4 Å². The minimum Gasteiger partial charge on any atom is -0.382 e. The van der Waals surface area contributed by atoms with Crippen molar-refractivity contribution in [1.29, 1.82) is 0 Å². The molecule has 1 aromatic heterocycles. The Hall–Kier alpha value is -0.940. The van der Waals surface area contributed by atoms with Crippen LogP contribution in [0.5, 0.6) is 0 Å². The predicted octanol–water partition coefficient (Wildman–Crippen LogP) is 0.268. The molecule has 1 rings (SSSR count). The van der Waals surface area contributed by atoms with Crippen LogP contribution in [-0.4, -0.2) is 33.2 Å². The summed E-state index contributed by atoms with van der Waals surface area (Å²) in [6, 6.07) is 0. The van der Waals surface area contributed by atoms with Crippen molar-refractivity contribution in [2.45, 2.75) is 26.4 Å². The van der Waals surface area contributed by atoms with E-state index in [-0.39, 0.29) is 0 Å². The summed E-state index contributed by atoms with van der Waals surface area (Å²) in [5.41, 5.74) is -0.202.